The fourth-order valence-electron chi connectivity index (χ4n) is 7.38. The normalized spacial score (nSPS) is 14.6. The summed E-state index contributed by atoms with van der Waals surface area (Å²) in [4.78, 5) is 57.4. The molecule has 342 valence electrons. The first-order chi connectivity index (χ1) is 30.3. The zero-order valence-electron chi connectivity index (χ0n) is 36.4. The monoisotopic (exact) mass is 874 g/mol. The van der Waals surface area contributed by atoms with Crippen molar-refractivity contribution in [2.75, 3.05) is 23.8 Å². The van der Waals surface area contributed by atoms with Crippen LogP contribution in [0.2, 0.25) is 0 Å². The van der Waals surface area contributed by atoms with E-state index < -0.39 is 66.9 Å². The third-order valence-corrected chi connectivity index (χ3v) is 10.6. The number of aliphatic hydroxyl groups is 4. The molecule has 0 aliphatic rings. The number of benzene rings is 1. The highest BCUT2D eigenvalue weighted by atomic mass is 16.6. The summed E-state index contributed by atoms with van der Waals surface area (Å²) in [6.07, 6.45) is 3.33. The maximum atomic E-state index is 13.4. The smallest absolute Gasteiger partial charge is 0.303 e. The topological polar surface area (TPSA) is 256 Å². The molecule has 1 aromatic carbocycles. The first kappa shape index (κ1) is 49.9. The number of aryl methyl sites for hydroxylation is 2. The number of anilines is 2. The van der Waals surface area contributed by atoms with Gasteiger partial charge in [-0.1, -0.05) is 80.4 Å². The fourth-order valence-corrected chi connectivity index (χ4v) is 7.38. The molecule has 3 aromatic heterocycles. The molecule has 0 aliphatic carbocycles. The molecule has 0 fully saturated rings. The second-order valence-corrected chi connectivity index (χ2v) is 15.5. The van der Waals surface area contributed by atoms with E-state index >= 15 is 0 Å². The van der Waals surface area contributed by atoms with E-state index in [4.69, 9.17) is 14.0 Å². The van der Waals surface area contributed by atoms with Crippen molar-refractivity contribution in [2.24, 2.45) is 0 Å². The molecule has 4 rings (SSSR count). The van der Waals surface area contributed by atoms with Crippen LogP contribution in [0.15, 0.2) is 77.6 Å². The van der Waals surface area contributed by atoms with Crippen LogP contribution in [0.4, 0.5) is 11.5 Å². The lowest BCUT2D eigenvalue weighted by atomic mass is 9.81. The van der Waals surface area contributed by atoms with Gasteiger partial charge in [-0.05, 0) is 62.6 Å². The zero-order valence-corrected chi connectivity index (χ0v) is 36.4. The molecule has 0 aliphatic heterocycles. The Balaban J connectivity index is 1.21. The highest BCUT2D eigenvalue weighted by Crippen LogP contribution is 2.45. The molecule has 2 amide bonds. The Morgan fingerprint density at radius 2 is 1.38 bits per heavy atom. The standard InChI is InChI=1S/C46H62N6O11/c1-29-39(30(2)63-52-29)43(57)40(35-22-15-18-25-47-35)41(51-37-23-16-19-26-48-37)33-20-13-14-21-34(33)50-38(55)24-12-10-8-6-5-7-9-11-17-27-49-46(60)45(59)44(58)42(56)36(62-32(4)54)28-61-31(3)53/h13-16,18-23,25-26,36,40-45,56-59H,5-12,17,24,27-28H2,1-4H3,(H,48,51)(H,49,60)(H,50,55)/t36-,40-,41+,42-,43+,44+,45-/m0/s1. The van der Waals surface area contributed by atoms with E-state index in [1.54, 1.807) is 26.2 Å². The van der Waals surface area contributed by atoms with Crippen molar-refractivity contribution >= 4 is 35.3 Å². The van der Waals surface area contributed by atoms with Crippen LogP contribution < -0.4 is 16.0 Å². The van der Waals surface area contributed by atoms with Gasteiger partial charge in [-0.25, -0.2) is 4.98 Å². The molecule has 0 bridgehead atoms. The Hall–Kier alpha value is -5.75. The number of pyridine rings is 2. The lowest BCUT2D eigenvalue weighted by Crippen LogP contribution is -2.52. The lowest BCUT2D eigenvalue weighted by Gasteiger charge is -2.33. The largest absolute Gasteiger partial charge is 0.462 e. The fraction of sp³-hybridized carbons (Fsp3) is 0.500. The number of nitrogens with one attached hydrogen (secondary N) is 3. The van der Waals surface area contributed by atoms with Gasteiger partial charge < -0.3 is 50.4 Å². The molecule has 7 N–H and O–H groups in total. The Kier molecular flexibility index (Phi) is 20.6. The van der Waals surface area contributed by atoms with Crippen LogP contribution in [0, 0.1) is 13.8 Å². The van der Waals surface area contributed by atoms with E-state index in [1.807, 2.05) is 60.7 Å². The summed E-state index contributed by atoms with van der Waals surface area (Å²) in [7, 11) is 0. The van der Waals surface area contributed by atoms with Gasteiger partial charge in [-0.15, -0.1) is 0 Å². The van der Waals surface area contributed by atoms with E-state index in [0.29, 0.717) is 47.1 Å². The predicted molar refractivity (Wildman–Crippen MR) is 233 cm³/mol. The second-order valence-electron chi connectivity index (χ2n) is 15.5. The van der Waals surface area contributed by atoms with Gasteiger partial charge in [-0.3, -0.25) is 24.2 Å². The highest BCUT2D eigenvalue weighted by Gasteiger charge is 2.39. The minimum absolute atomic E-state index is 0.115. The van der Waals surface area contributed by atoms with Gasteiger partial charge in [0.15, 0.2) is 12.2 Å². The molecule has 4 aromatic rings. The van der Waals surface area contributed by atoms with Crippen LogP contribution in [0.25, 0.3) is 0 Å². The van der Waals surface area contributed by atoms with Gasteiger partial charge in [0.05, 0.1) is 23.8 Å². The number of hydrogen-bond acceptors (Lipinski definition) is 15. The average Bonchev–Trinajstić information content (AvgIpc) is 3.61. The number of carbonyl (C=O) groups is 4. The van der Waals surface area contributed by atoms with E-state index in [1.165, 1.54) is 0 Å². The van der Waals surface area contributed by atoms with Crippen molar-refractivity contribution in [1.82, 2.24) is 20.4 Å². The molecular formula is C46H62N6O11. The van der Waals surface area contributed by atoms with Gasteiger partial charge >= 0.3 is 11.9 Å². The number of unbranched alkanes of at least 4 members (excludes halogenated alkanes) is 8. The van der Waals surface area contributed by atoms with Crippen LogP contribution in [0.3, 0.4) is 0 Å². The summed E-state index contributed by atoms with van der Waals surface area (Å²) in [6, 6.07) is 18.0. The molecule has 0 saturated heterocycles. The van der Waals surface area contributed by atoms with Crippen molar-refractivity contribution in [2.45, 2.75) is 134 Å². The summed E-state index contributed by atoms with van der Waals surface area (Å²) >= 11 is 0. The van der Waals surface area contributed by atoms with Crippen LogP contribution in [-0.2, 0) is 28.7 Å². The Morgan fingerprint density at radius 3 is 1.98 bits per heavy atom. The van der Waals surface area contributed by atoms with Crippen molar-refractivity contribution in [3.05, 3.63) is 101 Å². The van der Waals surface area contributed by atoms with Crippen molar-refractivity contribution < 1.29 is 53.6 Å². The number of carbonyl (C=O) groups excluding carboxylic acids is 4. The van der Waals surface area contributed by atoms with E-state index in [2.05, 4.69) is 31.1 Å². The summed E-state index contributed by atoms with van der Waals surface area (Å²) in [5, 5.41) is 56.3. The molecule has 0 spiro atoms. The van der Waals surface area contributed by atoms with Gasteiger partial charge in [0.2, 0.25) is 5.91 Å². The molecule has 7 atom stereocenters. The van der Waals surface area contributed by atoms with Crippen LogP contribution in [-0.4, -0.2) is 96.9 Å². The summed E-state index contributed by atoms with van der Waals surface area (Å²) in [6.45, 7) is 5.43. The van der Waals surface area contributed by atoms with E-state index in [9.17, 15) is 39.6 Å². The molecule has 3 heterocycles. The molecule has 0 saturated carbocycles. The first-order valence-electron chi connectivity index (χ1n) is 21.5. The minimum Gasteiger partial charge on any atom is -0.462 e. The van der Waals surface area contributed by atoms with Gasteiger partial charge in [0.25, 0.3) is 5.91 Å². The number of hydrogen-bond donors (Lipinski definition) is 7. The Morgan fingerprint density at radius 1 is 0.746 bits per heavy atom. The lowest BCUT2D eigenvalue weighted by molar-refractivity contribution is -0.175. The van der Waals surface area contributed by atoms with Crippen LogP contribution in [0.5, 0.6) is 0 Å². The quantitative estimate of drug-likeness (QED) is 0.0297. The molecule has 17 nitrogen and oxygen atoms in total. The van der Waals surface area contributed by atoms with E-state index in [0.717, 1.165) is 70.8 Å². The molecule has 0 radical (unpaired) electrons. The van der Waals surface area contributed by atoms with Gasteiger partial charge in [0, 0.05) is 56.2 Å². The number of amides is 2. The zero-order chi connectivity index (χ0) is 45.7. The number of rotatable bonds is 27. The number of ether oxygens (including phenoxy) is 2. The third kappa shape index (κ3) is 15.8. The third-order valence-electron chi connectivity index (χ3n) is 10.6. The molecule has 0 unspecified atom stereocenters. The Labute approximate surface area is 368 Å². The van der Waals surface area contributed by atoms with Crippen LogP contribution in [0.1, 0.15) is 124 Å². The Bertz CT molecular complexity index is 2000. The maximum absolute atomic E-state index is 13.4. The summed E-state index contributed by atoms with van der Waals surface area (Å²) in [5.41, 5.74) is 3.13. The van der Waals surface area contributed by atoms with Crippen LogP contribution >= 0.6 is 0 Å². The number of para-hydroxylation sites is 1. The number of nitrogens with zero attached hydrogens (tertiary/aromatic N) is 3. The SMILES string of the molecule is CC(=O)OC[C@H](OC(C)=O)[C@H](O)[C@@H](O)[C@H](O)C(=O)NCCCCCCCCCCCC(=O)Nc1ccccc1[C@@H](Nc1ccccn1)[C@H](c1ccccn1)[C@H](O)c1c(C)noc1C. The van der Waals surface area contributed by atoms with Gasteiger partial charge in [0.1, 0.15) is 30.4 Å². The highest BCUT2D eigenvalue weighted by molar-refractivity contribution is 5.91. The van der Waals surface area contributed by atoms with Crippen molar-refractivity contribution in [1.29, 1.82) is 0 Å². The number of esters is 2. The maximum Gasteiger partial charge on any atom is 0.303 e. The predicted octanol–water partition coefficient (Wildman–Crippen LogP) is 5.29. The number of aromatic nitrogens is 3. The minimum atomic E-state index is -2.00. The first-order valence-corrected chi connectivity index (χ1v) is 21.5. The molecule has 17 heteroatoms. The molecular weight excluding hydrogens is 813 g/mol. The second kappa shape index (κ2) is 26.0. The molecule has 63 heavy (non-hydrogen) atoms. The van der Waals surface area contributed by atoms with Crippen molar-refractivity contribution in [3.8, 4) is 0 Å². The van der Waals surface area contributed by atoms with E-state index in [-0.39, 0.29) is 12.5 Å². The summed E-state index contributed by atoms with van der Waals surface area (Å²) in [5.74, 6) is -2.08. The number of aliphatic hydroxyl groups excluding tert-OH is 4. The summed E-state index contributed by atoms with van der Waals surface area (Å²) < 4.78 is 15.1. The van der Waals surface area contributed by atoms with Crippen molar-refractivity contribution in [3.63, 3.8) is 0 Å². The van der Waals surface area contributed by atoms with Gasteiger partial charge in [-0.2, -0.15) is 0 Å². The average molecular weight is 875 g/mol.